The monoisotopic (exact) mass is 418 g/mol. The van der Waals surface area contributed by atoms with E-state index in [1.807, 2.05) is 54.7 Å². The van der Waals surface area contributed by atoms with E-state index in [4.69, 9.17) is 9.15 Å². The van der Waals surface area contributed by atoms with Crippen molar-refractivity contribution < 1.29 is 13.9 Å². The van der Waals surface area contributed by atoms with Crippen LogP contribution < -0.4 is 5.32 Å². The molecule has 150 valence electrons. The topological polar surface area (TPSA) is 54.7 Å². The smallest absolute Gasteiger partial charge is 0.251 e. The van der Waals surface area contributed by atoms with Gasteiger partial charge in [0.1, 0.15) is 11.5 Å². The summed E-state index contributed by atoms with van der Waals surface area (Å²) in [6.45, 7) is 5.56. The van der Waals surface area contributed by atoms with Crippen LogP contribution in [0.3, 0.4) is 0 Å². The maximum atomic E-state index is 12.7. The maximum absolute atomic E-state index is 12.7. The molecule has 0 spiro atoms. The van der Waals surface area contributed by atoms with E-state index >= 15 is 0 Å². The van der Waals surface area contributed by atoms with Crippen molar-refractivity contribution >= 4 is 29.4 Å². The van der Waals surface area contributed by atoms with Gasteiger partial charge in [-0.25, -0.2) is 0 Å². The Morgan fingerprint density at radius 2 is 1.86 bits per heavy atom. The van der Waals surface area contributed by atoms with E-state index in [1.54, 1.807) is 0 Å². The second-order valence-electron chi connectivity index (χ2n) is 7.02. The number of benzene rings is 1. The molecular formula is C21H26N2O3S2. The molecule has 0 bridgehead atoms. The van der Waals surface area contributed by atoms with Gasteiger partial charge in [-0.05, 0) is 36.8 Å². The number of aryl methyl sites for hydroxylation is 1. The number of carbonyl (C=O) groups is 1. The Bertz CT molecular complexity index is 781. The molecule has 2 fully saturated rings. The molecule has 2 aromatic rings. The SMILES string of the molecule is Cc1ccc([C@H](CNC(=O)c2ccc(C3SCCS3)cc2)N2CCOCC2)o1. The number of thioether (sulfide) groups is 2. The van der Waals surface area contributed by atoms with Gasteiger partial charge in [-0.3, -0.25) is 9.69 Å². The zero-order chi connectivity index (χ0) is 19.3. The van der Waals surface area contributed by atoms with Gasteiger partial charge in [0.25, 0.3) is 5.91 Å². The van der Waals surface area contributed by atoms with Crippen molar-refractivity contribution in [3.63, 3.8) is 0 Å². The fourth-order valence-corrected chi connectivity index (χ4v) is 6.42. The molecule has 1 atom stereocenters. The van der Waals surface area contributed by atoms with E-state index in [0.29, 0.717) is 29.9 Å². The molecule has 0 aliphatic carbocycles. The molecule has 7 heteroatoms. The molecule has 5 nitrogen and oxygen atoms in total. The maximum Gasteiger partial charge on any atom is 0.251 e. The van der Waals surface area contributed by atoms with Crippen molar-refractivity contribution in [2.75, 3.05) is 44.4 Å². The highest BCUT2D eigenvalue weighted by Gasteiger charge is 2.26. The van der Waals surface area contributed by atoms with Crippen LogP contribution in [0.25, 0.3) is 0 Å². The summed E-state index contributed by atoms with van der Waals surface area (Å²) in [5.41, 5.74) is 1.99. The van der Waals surface area contributed by atoms with Crippen molar-refractivity contribution in [2.24, 2.45) is 0 Å². The number of ether oxygens (including phenoxy) is 1. The molecule has 2 saturated heterocycles. The zero-order valence-corrected chi connectivity index (χ0v) is 17.7. The molecule has 1 aromatic heterocycles. The number of carbonyl (C=O) groups excluding carboxylic acids is 1. The third-order valence-corrected chi connectivity index (χ3v) is 8.20. The summed E-state index contributed by atoms with van der Waals surface area (Å²) in [6.07, 6.45) is 0. The number of nitrogens with one attached hydrogen (secondary N) is 1. The average molecular weight is 419 g/mol. The lowest BCUT2D eigenvalue weighted by atomic mass is 10.1. The third-order valence-electron chi connectivity index (χ3n) is 5.10. The van der Waals surface area contributed by atoms with Crippen LogP contribution in [0.15, 0.2) is 40.8 Å². The van der Waals surface area contributed by atoms with Gasteiger partial charge in [-0.2, -0.15) is 0 Å². The summed E-state index contributed by atoms with van der Waals surface area (Å²) in [7, 11) is 0. The number of amides is 1. The summed E-state index contributed by atoms with van der Waals surface area (Å²) in [6, 6.07) is 12.0. The minimum atomic E-state index is -0.0418. The molecular weight excluding hydrogens is 392 g/mol. The Morgan fingerprint density at radius 1 is 1.14 bits per heavy atom. The van der Waals surface area contributed by atoms with E-state index in [0.717, 1.165) is 24.6 Å². The van der Waals surface area contributed by atoms with Crippen LogP contribution in [0.4, 0.5) is 0 Å². The fraction of sp³-hybridized carbons (Fsp3) is 0.476. The second kappa shape index (κ2) is 9.39. The van der Waals surface area contributed by atoms with E-state index in [2.05, 4.69) is 22.3 Å². The predicted octanol–water partition coefficient (Wildman–Crippen LogP) is 3.87. The highest BCUT2D eigenvalue weighted by Crippen LogP contribution is 2.45. The Labute approximate surface area is 174 Å². The first kappa shape index (κ1) is 19.9. The molecule has 4 rings (SSSR count). The Morgan fingerprint density at radius 3 is 2.50 bits per heavy atom. The lowest BCUT2D eigenvalue weighted by Crippen LogP contribution is -2.43. The van der Waals surface area contributed by atoms with E-state index < -0.39 is 0 Å². The number of morpholine rings is 1. The highest BCUT2D eigenvalue weighted by molar-refractivity contribution is 8.19. The largest absolute Gasteiger partial charge is 0.465 e. The van der Waals surface area contributed by atoms with Crippen molar-refractivity contribution in [1.29, 1.82) is 0 Å². The van der Waals surface area contributed by atoms with Crippen LogP contribution >= 0.6 is 23.5 Å². The number of hydrogen-bond donors (Lipinski definition) is 1. The zero-order valence-electron chi connectivity index (χ0n) is 16.1. The fourth-order valence-electron chi connectivity index (χ4n) is 3.57. The van der Waals surface area contributed by atoms with Crippen LogP contribution in [0, 0.1) is 6.92 Å². The summed E-state index contributed by atoms with van der Waals surface area (Å²) < 4.78 is 11.9. The Balaban J connectivity index is 1.40. The molecule has 1 aromatic carbocycles. The predicted molar refractivity (Wildman–Crippen MR) is 115 cm³/mol. The quantitative estimate of drug-likeness (QED) is 0.769. The van der Waals surface area contributed by atoms with Gasteiger partial charge >= 0.3 is 0 Å². The summed E-state index contributed by atoms with van der Waals surface area (Å²) in [5.74, 6) is 4.14. The molecule has 28 heavy (non-hydrogen) atoms. The molecule has 2 aliphatic heterocycles. The first-order valence-corrected chi connectivity index (χ1v) is 11.8. The van der Waals surface area contributed by atoms with Crippen LogP contribution in [0.5, 0.6) is 0 Å². The van der Waals surface area contributed by atoms with Crippen LogP contribution in [-0.2, 0) is 4.74 Å². The molecule has 2 aliphatic rings. The summed E-state index contributed by atoms with van der Waals surface area (Å²) in [4.78, 5) is 15.0. The second-order valence-corrected chi connectivity index (χ2v) is 9.74. The first-order valence-electron chi connectivity index (χ1n) is 9.70. The number of nitrogens with zero attached hydrogens (tertiary/aromatic N) is 1. The number of furan rings is 1. The number of rotatable bonds is 6. The Hall–Kier alpha value is -1.41. The van der Waals surface area contributed by atoms with Gasteiger partial charge in [0.05, 0.1) is 23.8 Å². The van der Waals surface area contributed by atoms with Gasteiger partial charge in [-0.15, -0.1) is 23.5 Å². The standard InChI is InChI=1S/C21H26N2O3S2/c1-15-2-7-19(26-15)18(23-8-10-25-11-9-23)14-22-20(24)16-3-5-17(6-4-16)21-27-12-13-28-21/h2-7,18,21H,8-14H2,1H3,(H,22,24)/t18-/m0/s1. The molecule has 0 radical (unpaired) electrons. The highest BCUT2D eigenvalue weighted by atomic mass is 32.2. The molecule has 1 amide bonds. The van der Waals surface area contributed by atoms with Gasteiger partial charge in [0, 0.05) is 36.7 Å². The van der Waals surface area contributed by atoms with Crippen LogP contribution in [0.2, 0.25) is 0 Å². The molecule has 3 heterocycles. The lowest BCUT2D eigenvalue weighted by molar-refractivity contribution is 0.0117. The van der Waals surface area contributed by atoms with Gasteiger partial charge in [0.2, 0.25) is 0 Å². The van der Waals surface area contributed by atoms with Gasteiger partial charge < -0.3 is 14.5 Å². The van der Waals surface area contributed by atoms with Crippen molar-refractivity contribution in [1.82, 2.24) is 10.2 Å². The lowest BCUT2D eigenvalue weighted by Gasteiger charge is -2.33. The van der Waals surface area contributed by atoms with E-state index in [9.17, 15) is 4.79 Å². The van der Waals surface area contributed by atoms with Crippen molar-refractivity contribution in [3.8, 4) is 0 Å². The van der Waals surface area contributed by atoms with Crippen LogP contribution in [-0.4, -0.2) is 55.2 Å². The van der Waals surface area contributed by atoms with Crippen molar-refractivity contribution in [2.45, 2.75) is 17.5 Å². The third kappa shape index (κ3) is 4.76. The van der Waals surface area contributed by atoms with Gasteiger partial charge in [-0.1, -0.05) is 12.1 Å². The Kier molecular flexibility index (Phi) is 6.67. The minimum Gasteiger partial charge on any atom is -0.465 e. The van der Waals surface area contributed by atoms with Crippen LogP contribution in [0.1, 0.15) is 38.1 Å². The summed E-state index contributed by atoms with van der Waals surface area (Å²) in [5, 5.41) is 3.10. The minimum absolute atomic E-state index is 0.0205. The number of hydrogen-bond acceptors (Lipinski definition) is 6. The van der Waals surface area contributed by atoms with Crippen molar-refractivity contribution in [3.05, 3.63) is 59.0 Å². The van der Waals surface area contributed by atoms with Gasteiger partial charge in [0.15, 0.2) is 0 Å². The summed E-state index contributed by atoms with van der Waals surface area (Å²) >= 11 is 3.95. The molecule has 0 saturated carbocycles. The van der Waals surface area contributed by atoms with E-state index in [1.165, 1.54) is 17.1 Å². The molecule has 0 unspecified atom stereocenters. The first-order chi connectivity index (χ1) is 13.7. The average Bonchev–Trinajstić information content (AvgIpc) is 3.41. The molecule has 1 N–H and O–H groups in total. The normalized spacial score (nSPS) is 19.6. The van der Waals surface area contributed by atoms with E-state index in [-0.39, 0.29) is 11.9 Å².